The summed E-state index contributed by atoms with van der Waals surface area (Å²) in [6.07, 6.45) is 2.17. The van der Waals surface area contributed by atoms with Crippen LogP contribution < -0.4 is 15.4 Å². The Morgan fingerprint density at radius 1 is 1.37 bits per heavy atom. The first-order valence-corrected chi connectivity index (χ1v) is 6.91. The molecule has 0 radical (unpaired) electrons. The van der Waals surface area contributed by atoms with Crippen LogP contribution in [0.3, 0.4) is 0 Å². The third-order valence-corrected chi connectivity index (χ3v) is 4.01. The van der Waals surface area contributed by atoms with Crippen molar-refractivity contribution in [2.75, 3.05) is 38.8 Å². The van der Waals surface area contributed by atoms with Crippen LogP contribution in [0.2, 0.25) is 0 Å². The van der Waals surface area contributed by atoms with E-state index in [1.165, 1.54) is 0 Å². The topological polar surface area (TPSA) is 47.7 Å². The summed E-state index contributed by atoms with van der Waals surface area (Å²) < 4.78 is 10.9. The zero-order valence-electron chi connectivity index (χ0n) is 11.8. The number of hydrogen-bond acceptors (Lipinski definition) is 4. The van der Waals surface area contributed by atoms with Gasteiger partial charge >= 0.3 is 0 Å². The average Bonchev–Trinajstić information content (AvgIpc) is 2.49. The maximum atomic E-state index is 6.01. The number of methoxy groups -OCH3 is 1. The van der Waals surface area contributed by atoms with Crippen LogP contribution in [0.4, 0.5) is 5.69 Å². The summed E-state index contributed by atoms with van der Waals surface area (Å²) in [6.45, 7) is 2.35. The smallest absolute Gasteiger partial charge is 0.142 e. The molecule has 2 N–H and O–H groups in total. The van der Waals surface area contributed by atoms with E-state index in [2.05, 4.69) is 18.0 Å². The maximum Gasteiger partial charge on any atom is 0.142 e. The van der Waals surface area contributed by atoms with Crippen LogP contribution in [0, 0.1) is 5.92 Å². The van der Waals surface area contributed by atoms with Crippen molar-refractivity contribution in [3.05, 3.63) is 24.3 Å². The number of ether oxygens (including phenoxy) is 2. The maximum absolute atomic E-state index is 6.01. The summed E-state index contributed by atoms with van der Waals surface area (Å²) in [5.41, 5.74) is 7.11. The first-order chi connectivity index (χ1) is 9.27. The molecule has 0 spiro atoms. The molecule has 0 amide bonds. The molecule has 0 saturated carbocycles. The molecule has 19 heavy (non-hydrogen) atoms. The Labute approximate surface area is 115 Å². The van der Waals surface area contributed by atoms with Gasteiger partial charge < -0.3 is 20.1 Å². The third kappa shape index (κ3) is 3.19. The number of anilines is 1. The molecule has 1 heterocycles. The van der Waals surface area contributed by atoms with E-state index in [1.54, 1.807) is 7.11 Å². The Hall–Kier alpha value is -1.26. The lowest BCUT2D eigenvalue weighted by Crippen LogP contribution is -2.45. The Kier molecular flexibility index (Phi) is 5.05. The molecular formula is C15H24N2O2. The van der Waals surface area contributed by atoms with E-state index in [0.29, 0.717) is 18.5 Å². The number of nitrogens with zero attached hydrogens (tertiary/aromatic N) is 1. The van der Waals surface area contributed by atoms with Gasteiger partial charge in [-0.3, -0.25) is 0 Å². The first-order valence-electron chi connectivity index (χ1n) is 6.91. The zero-order valence-corrected chi connectivity index (χ0v) is 11.8. The standard InChI is InChI=1S/C15H24N2O2/c1-17(13-5-3-4-6-15(13)18-2)14(11-16)12-7-9-19-10-8-12/h3-6,12,14H,7-11,16H2,1-2H3. The highest BCUT2D eigenvalue weighted by Crippen LogP contribution is 2.31. The SMILES string of the molecule is COc1ccccc1N(C)C(CN)C1CCOCC1. The monoisotopic (exact) mass is 264 g/mol. The van der Waals surface area contributed by atoms with Crippen molar-refractivity contribution in [2.24, 2.45) is 11.7 Å². The van der Waals surface area contributed by atoms with Gasteiger partial charge in [0, 0.05) is 32.8 Å². The lowest BCUT2D eigenvalue weighted by atomic mass is 9.90. The molecule has 0 aliphatic carbocycles. The predicted octanol–water partition coefficient (Wildman–Crippen LogP) is 1.89. The van der Waals surface area contributed by atoms with Gasteiger partial charge in [-0.15, -0.1) is 0 Å². The number of nitrogens with two attached hydrogens (primary N) is 1. The minimum Gasteiger partial charge on any atom is -0.495 e. The molecule has 2 rings (SSSR count). The van der Waals surface area contributed by atoms with E-state index in [4.69, 9.17) is 15.2 Å². The summed E-state index contributed by atoms with van der Waals surface area (Å²) in [4.78, 5) is 2.26. The second-order valence-electron chi connectivity index (χ2n) is 5.04. The van der Waals surface area contributed by atoms with E-state index in [-0.39, 0.29) is 0 Å². The lowest BCUT2D eigenvalue weighted by molar-refractivity contribution is 0.0588. The van der Waals surface area contributed by atoms with Crippen LogP contribution in [-0.2, 0) is 4.74 Å². The molecule has 1 aliphatic rings. The van der Waals surface area contributed by atoms with Crippen molar-refractivity contribution in [3.63, 3.8) is 0 Å². The average molecular weight is 264 g/mol. The molecule has 1 aromatic rings. The quantitative estimate of drug-likeness (QED) is 0.882. The predicted molar refractivity (Wildman–Crippen MR) is 77.8 cm³/mol. The number of benzene rings is 1. The fourth-order valence-electron chi connectivity index (χ4n) is 2.87. The van der Waals surface area contributed by atoms with Crippen LogP contribution in [0.5, 0.6) is 5.75 Å². The number of likely N-dealkylation sites (N-methyl/N-ethyl adjacent to an activating group) is 1. The molecule has 4 heteroatoms. The highest BCUT2D eigenvalue weighted by atomic mass is 16.5. The molecule has 1 fully saturated rings. The van der Waals surface area contributed by atoms with Gasteiger partial charge in [0.1, 0.15) is 5.75 Å². The summed E-state index contributed by atoms with van der Waals surface area (Å²) in [6, 6.07) is 8.43. The first kappa shape index (κ1) is 14.2. The van der Waals surface area contributed by atoms with Gasteiger partial charge in [-0.1, -0.05) is 12.1 Å². The molecule has 0 bridgehead atoms. The second-order valence-corrected chi connectivity index (χ2v) is 5.04. The fraction of sp³-hybridized carbons (Fsp3) is 0.600. The van der Waals surface area contributed by atoms with Gasteiger partial charge in [0.2, 0.25) is 0 Å². The molecular weight excluding hydrogens is 240 g/mol. The molecule has 1 aromatic carbocycles. The van der Waals surface area contributed by atoms with Gasteiger partial charge in [0.15, 0.2) is 0 Å². The van der Waals surface area contributed by atoms with Crippen molar-refractivity contribution < 1.29 is 9.47 Å². The molecule has 0 aromatic heterocycles. The summed E-state index contributed by atoms with van der Waals surface area (Å²) in [5.74, 6) is 1.49. The van der Waals surface area contributed by atoms with E-state index in [9.17, 15) is 0 Å². The molecule has 1 atom stereocenters. The summed E-state index contributed by atoms with van der Waals surface area (Å²) in [7, 11) is 3.81. The van der Waals surface area contributed by atoms with Gasteiger partial charge in [-0.2, -0.15) is 0 Å². The van der Waals surface area contributed by atoms with E-state index in [0.717, 1.165) is 37.5 Å². The molecule has 1 unspecified atom stereocenters. The minimum absolute atomic E-state index is 0.334. The van der Waals surface area contributed by atoms with Crippen molar-refractivity contribution in [1.29, 1.82) is 0 Å². The van der Waals surface area contributed by atoms with E-state index >= 15 is 0 Å². The van der Waals surface area contributed by atoms with Crippen LogP contribution in [0.1, 0.15) is 12.8 Å². The van der Waals surface area contributed by atoms with Gasteiger partial charge in [0.25, 0.3) is 0 Å². The van der Waals surface area contributed by atoms with Gasteiger partial charge in [0.05, 0.1) is 12.8 Å². The summed E-state index contributed by atoms with van der Waals surface area (Å²) >= 11 is 0. The Balaban J connectivity index is 2.17. The Bertz CT molecular complexity index is 391. The molecule has 1 aliphatic heterocycles. The highest BCUT2D eigenvalue weighted by Gasteiger charge is 2.27. The zero-order chi connectivity index (χ0) is 13.7. The van der Waals surface area contributed by atoms with Gasteiger partial charge in [-0.05, 0) is 30.9 Å². The Morgan fingerprint density at radius 3 is 2.68 bits per heavy atom. The van der Waals surface area contributed by atoms with Crippen LogP contribution >= 0.6 is 0 Å². The number of para-hydroxylation sites is 2. The minimum atomic E-state index is 0.334. The Morgan fingerprint density at radius 2 is 2.05 bits per heavy atom. The molecule has 1 saturated heterocycles. The third-order valence-electron chi connectivity index (χ3n) is 4.01. The van der Waals surface area contributed by atoms with Crippen LogP contribution in [-0.4, -0.2) is 40.0 Å². The summed E-state index contributed by atoms with van der Waals surface area (Å²) in [5, 5.41) is 0. The highest BCUT2D eigenvalue weighted by molar-refractivity contribution is 5.58. The molecule has 4 nitrogen and oxygen atoms in total. The fourth-order valence-corrected chi connectivity index (χ4v) is 2.87. The van der Waals surface area contributed by atoms with Crippen LogP contribution in [0.25, 0.3) is 0 Å². The van der Waals surface area contributed by atoms with Crippen molar-refractivity contribution in [3.8, 4) is 5.75 Å². The normalized spacial score (nSPS) is 18.1. The van der Waals surface area contributed by atoms with Crippen molar-refractivity contribution in [2.45, 2.75) is 18.9 Å². The van der Waals surface area contributed by atoms with Crippen molar-refractivity contribution >= 4 is 5.69 Å². The van der Waals surface area contributed by atoms with E-state index in [1.807, 2.05) is 18.2 Å². The number of rotatable bonds is 5. The second kappa shape index (κ2) is 6.78. The largest absolute Gasteiger partial charge is 0.495 e. The van der Waals surface area contributed by atoms with Crippen molar-refractivity contribution in [1.82, 2.24) is 0 Å². The van der Waals surface area contributed by atoms with Crippen LogP contribution in [0.15, 0.2) is 24.3 Å². The lowest BCUT2D eigenvalue weighted by Gasteiger charge is -2.37. The molecule has 106 valence electrons. The van der Waals surface area contributed by atoms with Gasteiger partial charge in [-0.25, -0.2) is 0 Å². The number of hydrogen-bond donors (Lipinski definition) is 1. The van der Waals surface area contributed by atoms with E-state index < -0.39 is 0 Å².